The summed E-state index contributed by atoms with van der Waals surface area (Å²) in [6.07, 6.45) is 5.40. The van der Waals surface area contributed by atoms with Crippen molar-refractivity contribution in [3.8, 4) is 0 Å². The Morgan fingerprint density at radius 2 is 2.10 bits per heavy atom. The van der Waals surface area contributed by atoms with Crippen LogP contribution in [-0.2, 0) is 10.0 Å². The van der Waals surface area contributed by atoms with Crippen molar-refractivity contribution in [3.63, 3.8) is 0 Å². The molecule has 1 fully saturated rings. The Kier molecular flexibility index (Phi) is 5.22. The molecule has 3 aromatic rings. The molecule has 0 radical (unpaired) electrons. The number of pyridine rings is 1. The Labute approximate surface area is 180 Å². The van der Waals surface area contributed by atoms with E-state index in [-0.39, 0.29) is 30.0 Å². The zero-order valence-electron chi connectivity index (χ0n) is 15.0. The maximum atomic E-state index is 15.2. The van der Waals surface area contributed by atoms with Gasteiger partial charge in [-0.25, -0.2) is 17.8 Å². The predicted molar refractivity (Wildman–Crippen MR) is 114 cm³/mol. The summed E-state index contributed by atoms with van der Waals surface area (Å²) in [7, 11) is -3.85. The molecule has 1 aromatic carbocycles. The smallest absolute Gasteiger partial charge is 0.238 e. The molecule has 154 valence electrons. The van der Waals surface area contributed by atoms with E-state index in [4.69, 9.17) is 11.6 Å². The lowest BCUT2D eigenvalue weighted by molar-refractivity contribution is 0.283. The lowest BCUT2D eigenvalue weighted by Gasteiger charge is -2.20. The highest BCUT2D eigenvalue weighted by atomic mass is 79.9. The first-order chi connectivity index (χ1) is 13.8. The van der Waals surface area contributed by atoms with Crippen molar-refractivity contribution >= 4 is 60.3 Å². The van der Waals surface area contributed by atoms with E-state index in [0.717, 1.165) is 4.47 Å². The molecule has 29 heavy (non-hydrogen) atoms. The number of sulfonamides is 1. The fraction of sp³-hybridized carbons (Fsp3) is 0.278. The first kappa shape index (κ1) is 20.4. The van der Waals surface area contributed by atoms with Crippen molar-refractivity contribution in [2.24, 2.45) is 0 Å². The number of nitrogens with one attached hydrogen (secondary N) is 2. The molecule has 0 unspecified atom stereocenters. The number of fused-ring (bicyclic) bond motifs is 1. The summed E-state index contributed by atoms with van der Waals surface area (Å²) in [5, 5.41) is 12.5. The minimum absolute atomic E-state index is 0.0243. The summed E-state index contributed by atoms with van der Waals surface area (Å²) in [4.78, 5) is 3.98. The average molecular weight is 504 g/mol. The molecule has 1 saturated carbocycles. The number of rotatable bonds is 7. The first-order valence-corrected chi connectivity index (χ1v) is 11.4. The molecular weight excluding hydrogens is 487 g/mol. The van der Waals surface area contributed by atoms with Gasteiger partial charge in [0.05, 0.1) is 21.1 Å². The number of halogens is 3. The van der Waals surface area contributed by atoms with Crippen LogP contribution in [0.15, 0.2) is 41.3 Å². The summed E-state index contributed by atoms with van der Waals surface area (Å²) in [6.45, 7) is -0.241. The standard InChI is InChI=1S/C18H17BrClFN4O3S/c19-11-1-2-13(12(20)9-11)23-16-14(10-25-7-6-22-17(25)15(16)21)24-29(27,28)18(3-4-18)5-8-26/h1-2,6-7,9-10,23-24,26H,3-5,8H2. The largest absolute Gasteiger partial charge is 0.396 e. The van der Waals surface area contributed by atoms with Crippen LogP contribution in [0.1, 0.15) is 19.3 Å². The molecule has 3 N–H and O–H groups in total. The van der Waals surface area contributed by atoms with Crippen molar-refractivity contribution < 1.29 is 17.9 Å². The fourth-order valence-electron chi connectivity index (χ4n) is 3.20. The van der Waals surface area contributed by atoms with Gasteiger partial charge in [-0.3, -0.25) is 4.72 Å². The van der Waals surface area contributed by atoms with Crippen molar-refractivity contribution in [2.75, 3.05) is 16.6 Å². The Bertz CT molecular complexity index is 1200. The molecule has 7 nitrogen and oxygen atoms in total. The summed E-state index contributed by atoms with van der Waals surface area (Å²) < 4.78 is 44.7. The predicted octanol–water partition coefficient (Wildman–Crippen LogP) is 4.29. The Morgan fingerprint density at radius 3 is 2.76 bits per heavy atom. The molecule has 2 heterocycles. The molecule has 0 amide bonds. The molecule has 4 rings (SSSR count). The van der Waals surface area contributed by atoms with E-state index in [0.29, 0.717) is 23.6 Å². The third-order valence-corrected chi connectivity index (χ3v) is 8.05. The normalized spacial score (nSPS) is 15.4. The molecule has 0 aliphatic heterocycles. The summed E-state index contributed by atoms with van der Waals surface area (Å²) in [6, 6.07) is 5.01. The molecule has 11 heteroatoms. The summed E-state index contributed by atoms with van der Waals surface area (Å²) in [5.41, 5.74) is 0.384. The molecule has 0 spiro atoms. The number of aliphatic hydroxyl groups excluding tert-OH is 1. The summed E-state index contributed by atoms with van der Waals surface area (Å²) in [5.74, 6) is -0.721. The van der Waals surface area contributed by atoms with Gasteiger partial charge in [-0.05, 0) is 37.5 Å². The molecule has 0 atom stereocenters. The third kappa shape index (κ3) is 3.70. The van der Waals surface area contributed by atoms with E-state index in [1.165, 1.54) is 23.0 Å². The van der Waals surface area contributed by atoms with Crippen LogP contribution in [0.4, 0.5) is 21.5 Å². The van der Waals surface area contributed by atoms with E-state index in [1.807, 2.05) is 0 Å². The SMILES string of the molecule is O=S(=O)(Nc1cn2ccnc2c(F)c1Nc1ccc(Br)cc1Cl)C1(CCO)CC1. The first-order valence-electron chi connectivity index (χ1n) is 8.77. The van der Waals surface area contributed by atoms with Crippen molar-refractivity contribution in [1.29, 1.82) is 0 Å². The molecule has 0 bridgehead atoms. The minimum Gasteiger partial charge on any atom is -0.396 e. The van der Waals surface area contributed by atoms with Gasteiger partial charge in [0.25, 0.3) is 0 Å². The van der Waals surface area contributed by atoms with Gasteiger partial charge < -0.3 is 14.8 Å². The van der Waals surface area contributed by atoms with Gasteiger partial charge in [0.2, 0.25) is 10.0 Å². The van der Waals surface area contributed by atoms with Crippen LogP contribution in [0.3, 0.4) is 0 Å². The second kappa shape index (κ2) is 7.42. The van der Waals surface area contributed by atoms with Gasteiger partial charge in [0, 0.05) is 29.7 Å². The van der Waals surface area contributed by atoms with Crippen LogP contribution >= 0.6 is 27.5 Å². The van der Waals surface area contributed by atoms with E-state index >= 15 is 4.39 Å². The van der Waals surface area contributed by atoms with Gasteiger partial charge in [0.1, 0.15) is 5.69 Å². The second-order valence-corrected chi connectivity index (χ2v) is 10.3. The van der Waals surface area contributed by atoms with Crippen LogP contribution in [0.5, 0.6) is 0 Å². The quantitative estimate of drug-likeness (QED) is 0.447. The maximum absolute atomic E-state index is 15.2. The number of anilines is 3. The van der Waals surface area contributed by atoms with E-state index in [9.17, 15) is 13.5 Å². The van der Waals surface area contributed by atoms with Crippen LogP contribution < -0.4 is 10.0 Å². The highest BCUT2D eigenvalue weighted by molar-refractivity contribution is 9.10. The lowest BCUT2D eigenvalue weighted by Crippen LogP contribution is -2.31. The van der Waals surface area contributed by atoms with E-state index in [2.05, 4.69) is 31.0 Å². The number of hydrogen-bond acceptors (Lipinski definition) is 5. The van der Waals surface area contributed by atoms with Crippen LogP contribution in [-0.4, -0.2) is 34.3 Å². The Hall–Kier alpha value is -1.88. The van der Waals surface area contributed by atoms with Gasteiger partial charge >= 0.3 is 0 Å². The van der Waals surface area contributed by atoms with Gasteiger partial charge in [0.15, 0.2) is 11.5 Å². The van der Waals surface area contributed by atoms with Gasteiger partial charge in [-0.2, -0.15) is 0 Å². The number of nitrogens with zero attached hydrogens (tertiary/aromatic N) is 2. The van der Waals surface area contributed by atoms with Gasteiger partial charge in [-0.1, -0.05) is 27.5 Å². The molecule has 1 aliphatic carbocycles. The highest BCUT2D eigenvalue weighted by Gasteiger charge is 2.54. The molecule has 0 saturated heterocycles. The number of imidazole rings is 1. The Morgan fingerprint density at radius 1 is 1.34 bits per heavy atom. The minimum atomic E-state index is -3.85. The maximum Gasteiger partial charge on any atom is 0.238 e. The molecule has 1 aliphatic rings. The zero-order chi connectivity index (χ0) is 20.8. The van der Waals surface area contributed by atoms with Gasteiger partial charge in [-0.15, -0.1) is 0 Å². The zero-order valence-corrected chi connectivity index (χ0v) is 18.2. The topological polar surface area (TPSA) is 95.7 Å². The second-order valence-electron chi connectivity index (χ2n) is 6.90. The van der Waals surface area contributed by atoms with Crippen molar-refractivity contribution in [1.82, 2.24) is 9.38 Å². The summed E-state index contributed by atoms with van der Waals surface area (Å²) >= 11 is 9.55. The highest BCUT2D eigenvalue weighted by Crippen LogP contribution is 2.47. The average Bonchev–Trinajstić information content (AvgIpc) is 3.30. The van der Waals surface area contributed by atoms with Crippen LogP contribution in [0, 0.1) is 5.82 Å². The van der Waals surface area contributed by atoms with E-state index < -0.39 is 20.6 Å². The third-order valence-electron chi connectivity index (χ3n) is 5.00. The van der Waals surface area contributed by atoms with E-state index in [1.54, 1.807) is 18.2 Å². The number of benzene rings is 1. The lowest BCUT2D eigenvalue weighted by atomic mass is 10.2. The number of aliphatic hydroxyl groups is 1. The monoisotopic (exact) mass is 502 g/mol. The molecular formula is C18H17BrClFN4O3S. The Balaban J connectivity index is 1.79. The number of aromatic nitrogens is 2. The fourth-order valence-corrected chi connectivity index (χ4v) is 5.58. The number of hydrogen-bond donors (Lipinski definition) is 3. The van der Waals surface area contributed by atoms with Crippen LogP contribution in [0.2, 0.25) is 5.02 Å². The molecule has 2 aromatic heterocycles. The van der Waals surface area contributed by atoms with Crippen molar-refractivity contribution in [2.45, 2.75) is 24.0 Å². The van der Waals surface area contributed by atoms with Crippen LogP contribution in [0.25, 0.3) is 5.65 Å². The van der Waals surface area contributed by atoms with Crippen molar-refractivity contribution in [3.05, 3.63) is 52.1 Å².